The smallest absolute Gasteiger partial charge is 0.132 e. The lowest BCUT2D eigenvalue weighted by Gasteiger charge is -2.07. The molecule has 3 nitrogen and oxygen atoms in total. The third-order valence-electron chi connectivity index (χ3n) is 3.24. The first-order valence-corrected chi connectivity index (χ1v) is 8.05. The molecule has 0 saturated heterocycles. The van der Waals surface area contributed by atoms with Gasteiger partial charge in [-0.25, -0.2) is 4.39 Å². The van der Waals surface area contributed by atoms with Crippen molar-refractivity contribution < 1.29 is 13.9 Å². The van der Waals surface area contributed by atoms with Gasteiger partial charge in [-0.15, -0.1) is 11.3 Å². The fourth-order valence-corrected chi connectivity index (χ4v) is 3.40. The highest BCUT2D eigenvalue weighted by Gasteiger charge is 2.15. The maximum absolute atomic E-state index is 14.1. The molecular weight excluding hydrogens is 289 g/mol. The number of halogens is 1. The Morgan fingerprint density at radius 2 is 2.14 bits per heavy atom. The summed E-state index contributed by atoms with van der Waals surface area (Å²) in [4.78, 5) is 1.15. The summed E-state index contributed by atoms with van der Waals surface area (Å²) in [7, 11) is 1.64. The number of fused-ring (bicyclic) bond motifs is 1. The molecule has 116 valence electrons. The minimum atomic E-state index is -0.171. The normalized spacial score (nSPS) is 11.4. The zero-order valence-corrected chi connectivity index (χ0v) is 13.4. The van der Waals surface area contributed by atoms with E-state index in [1.165, 1.54) is 6.07 Å². The maximum Gasteiger partial charge on any atom is 0.132 e. The molecule has 21 heavy (non-hydrogen) atoms. The lowest BCUT2D eigenvalue weighted by Crippen LogP contribution is -2.14. The summed E-state index contributed by atoms with van der Waals surface area (Å²) in [5, 5.41) is 4.08. The van der Waals surface area contributed by atoms with Crippen LogP contribution in [0.3, 0.4) is 0 Å². The standard InChI is InChI=1S/C16H22FNO2S/c1-3-7-18-10-15-12(11-20-9-8-19-2)16-13(17)5-4-6-14(16)21-15/h4-6,18H,3,7-11H2,1-2H3. The predicted octanol–water partition coefficient (Wildman–Crippen LogP) is 3.70. The molecule has 0 bridgehead atoms. The molecule has 0 amide bonds. The average Bonchev–Trinajstić information content (AvgIpc) is 2.83. The maximum atomic E-state index is 14.1. The molecule has 1 aromatic carbocycles. The number of methoxy groups -OCH3 is 1. The fourth-order valence-electron chi connectivity index (χ4n) is 2.21. The van der Waals surface area contributed by atoms with Crippen LogP contribution in [0.15, 0.2) is 18.2 Å². The topological polar surface area (TPSA) is 30.5 Å². The van der Waals surface area contributed by atoms with Crippen LogP contribution in [-0.4, -0.2) is 26.9 Å². The first kappa shape index (κ1) is 16.4. The molecule has 1 heterocycles. The molecule has 0 unspecified atom stereocenters. The summed E-state index contributed by atoms with van der Waals surface area (Å²) >= 11 is 1.64. The van der Waals surface area contributed by atoms with Crippen LogP contribution in [-0.2, 0) is 22.6 Å². The number of thiophene rings is 1. The Bertz CT molecular complexity index is 571. The largest absolute Gasteiger partial charge is 0.382 e. The van der Waals surface area contributed by atoms with Crippen molar-refractivity contribution in [1.29, 1.82) is 0 Å². The van der Waals surface area contributed by atoms with E-state index in [0.29, 0.717) is 25.2 Å². The second-order valence-corrected chi connectivity index (χ2v) is 5.98. The van der Waals surface area contributed by atoms with Gasteiger partial charge in [0.05, 0.1) is 19.8 Å². The molecule has 2 aromatic rings. The van der Waals surface area contributed by atoms with Crippen LogP contribution in [0, 0.1) is 5.82 Å². The van der Waals surface area contributed by atoms with Crippen LogP contribution < -0.4 is 5.32 Å². The van der Waals surface area contributed by atoms with E-state index in [4.69, 9.17) is 9.47 Å². The minimum Gasteiger partial charge on any atom is -0.382 e. The van der Waals surface area contributed by atoms with E-state index in [0.717, 1.165) is 34.7 Å². The highest BCUT2D eigenvalue weighted by atomic mass is 32.1. The van der Waals surface area contributed by atoms with E-state index in [2.05, 4.69) is 12.2 Å². The summed E-state index contributed by atoms with van der Waals surface area (Å²) in [5.41, 5.74) is 0.966. The Labute approximate surface area is 129 Å². The third kappa shape index (κ3) is 4.23. The molecule has 1 aromatic heterocycles. The highest BCUT2D eigenvalue weighted by molar-refractivity contribution is 7.19. The summed E-state index contributed by atoms with van der Waals surface area (Å²) in [6.45, 7) is 5.34. The van der Waals surface area contributed by atoms with Gasteiger partial charge < -0.3 is 14.8 Å². The average molecular weight is 311 g/mol. The molecule has 0 aliphatic heterocycles. The van der Waals surface area contributed by atoms with Gasteiger partial charge >= 0.3 is 0 Å². The van der Waals surface area contributed by atoms with Gasteiger partial charge in [0.25, 0.3) is 0 Å². The number of hydrogen-bond donors (Lipinski definition) is 1. The molecule has 0 saturated carbocycles. The van der Waals surface area contributed by atoms with Gasteiger partial charge in [0, 0.05) is 34.2 Å². The molecule has 0 spiro atoms. The van der Waals surface area contributed by atoms with Crippen molar-refractivity contribution in [2.24, 2.45) is 0 Å². The van der Waals surface area contributed by atoms with Crippen LogP contribution in [0.5, 0.6) is 0 Å². The van der Waals surface area contributed by atoms with Crippen molar-refractivity contribution in [3.63, 3.8) is 0 Å². The van der Waals surface area contributed by atoms with Crippen molar-refractivity contribution in [3.05, 3.63) is 34.5 Å². The van der Waals surface area contributed by atoms with Gasteiger partial charge in [-0.05, 0) is 25.1 Å². The summed E-state index contributed by atoms with van der Waals surface area (Å²) in [5.74, 6) is -0.171. The first-order valence-electron chi connectivity index (χ1n) is 7.24. The minimum absolute atomic E-state index is 0.171. The lowest BCUT2D eigenvalue weighted by atomic mass is 10.1. The van der Waals surface area contributed by atoms with Gasteiger partial charge in [-0.1, -0.05) is 13.0 Å². The molecule has 0 aliphatic carbocycles. The Balaban J connectivity index is 2.21. The van der Waals surface area contributed by atoms with E-state index in [-0.39, 0.29) is 5.82 Å². The predicted molar refractivity (Wildman–Crippen MR) is 85.3 cm³/mol. The molecule has 2 rings (SSSR count). The second-order valence-electron chi connectivity index (χ2n) is 4.84. The van der Waals surface area contributed by atoms with Crippen LogP contribution in [0.2, 0.25) is 0 Å². The number of rotatable bonds is 9. The molecule has 0 atom stereocenters. The molecule has 5 heteroatoms. The Kier molecular flexibility index (Phi) is 6.57. The number of ether oxygens (including phenoxy) is 2. The Morgan fingerprint density at radius 1 is 1.29 bits per heavy atom. The van der Waals surface area contributed by atoms with E-state index in [9.17, 15) is 4.39 Å². The van der Waals surface area contributed by atoms with Crippen molar-refractivity contribution in [2.75, 3.05) is 26.9 Å². The third-order valence-corrected chi connectivity index (χ3v) is 4.43. The quantitative estimate of drug-likeness (QED) is 0.716. The van der Waals surface area contributed by atoms with Crippen molar-refractivity contribution >= 4 is 21.4 Å². The van der Waals surface area contributed by atoms with E-state index >= 15 is 0 Å². The molecule has 1 N–H and O–H groups in total. The van der Waals surface area contributed by atoms with E-state index < -0.39 is 0 Å². The van der Waals surface area contributed by atoms with Gasteiger partial charge in [0.1, 0.15) is 5.82 Å². The first-order chi connectivity index (χ1) is 10.3. The van der Waals surface area contributed by atoms with Crippen LogP contribution >= 0.6 is 11.3 Å². The van der Waals surface area contributed by atoms with Crippen LogP contribution in [0.25, 0.3) is 10.1 Å². The summed E-state index contributed by atoms with van der Waals surface area (Å²) in [6.07, 6.45) is 1.08. The summed E-state index contributed by atoms with van der Waals surface area (Å²) < 4.78 is 25.7. The molecule has 0 fully saturated rings. The second kappa shape index (κ2) is 8.44. The lowest BCUT2D eigenvalue weighted by molar-refractivity contribution is 0.0619. The van der Waals surface area contributed by atoms with Crippen molar-refractivity contribution in [3.8, 4) is 0 Å². The van der Waals surface area contributed by atoms with Crippen LogP contribution in [0.4, 0.5) is 4.39 Å². The SMILES string of the molecule is CCCNCc1sc2cccc(F)c2c1COCCOC. The van der Waals surface area contributed by atoms with Crippen molar-refractivity contribution in [2.45, 2.75) is 26.5 Å². The van der Waals surface area contributed by atoms with Gasteiger partial charge in [-0.3, -0.25) is 0 Å². The highest BCUT2D eigenvalue weighted by Crippen LogP contribution is 2.33. The number of nitrogens with one attached hydrogen (secondary N) is 1. The number of hydrogen-bond acceptors (Lipinski definition) is 4. The van der Waals surface area contributed by atoms with E-state index in [1.54, 1.807) is 24.5 Å². The molecule has 0 aliphatic rings. The van der Waals surface area contributed by atoms with Gasteiger partial charge in [0.15, 0.2) is 0 Å². The fraction of sp³-hybridized carbons (Fsp3) is 0.500. The Morgan fingerprint density at radius 3 is 2.90 bits per heavy atom. The zero-order valence-electron chi connectivity index (χ0n) is 12.6. The summed E-state index contributed by atoms with van der Waals surface area (Å²) in [6, 6.07) is 5.23. The molecular formula is C16H22FNO2S. The number of benzene rings is 1. The molecule has 0 radical (unpaired) electrons. The zero-order chi connectivity index (χ0) is 15.1. The van der Waals surface area contributed by atoms with Gasteiger partial charge in [-0.2, -0.15) is 0 Å². The van der Waals surface area contributed by atoms with E-state index in [1.807, 2.05) is 6.07 Å². The van der Waals surface area contributed by atoms with Gasteiger partial charge in [0.2, 0.25) is 0 Å². The van der Waals surface area contributed by atoms with Crippen LogP contribution in [0.1, 0.15) is 23.8 Å². The van der Waals surface area contributed by atoms with Crippen molar-refractivity contribution in [1.82, 2.24) is 5.32 Å². The Hall–Kier alpha value is -1.01. The monoisotopic (exact) mass is 311 g/mol.